The largest absolute Gasteiger partial charge is 0.495 e. The molecule has 0 aliphatic rings. The molecule has 22 heavy (non-hydrogen) atoms. The van der Waals surface area contributed by atoms with E-state index < -0.39 is 0 Å². The molecule has 1 amide bonds. The second kappa shape index (κ2) is 7.38. The lowest BCUT2D eigenvalue weighted by Crippen LogP contribution is -2.15. The Morgan fingerprint density at radius 3 is 2.27 bits per heavy atom. The first-order valence-corrected chi connectivity index (χ1v) is 7.25. The van der Waals surface area contributed by atoms with Crippen molar-refractivity contribution in [2.75, 3.05) is 19.5 Å². The van der Waals surface area contributed by atoms with E-state index in [0.29, 0.717) is 27.2 Å². The van der Waals surface area contributed by atoms with E-state index in [2.05, 4.69) is 5.32 Å². The molecule has 116 valence electrons. The van der Waals surface area contributed by atoms with Gasteiger partial charge in [0.15, 0.2) is 0 Å². The van der Waals surface area contributed by atoms with Gasteiger partial charge in [-0.25, -0.2) is 0 Å². The summed E-state index contributed by atoms with van der Waals surface area (Å²) in [5, 5.41) is 3.84. The Hall–Kier alpha value is -1.91. The molecule has 0 aromatic heterocycles. The van der Waals surface area contributed by atoms with Gasteiger partial charge in [0, 0.05) is 17.2 Å². The van der Waals surface area contributed by atoms with Gasteiger partial charge in [-0.3, -0.25) is 4.79 Å². The molecule has 0 unspecified atom stereocenters. The van der Waals surface area contributed by atoms with Crippen molar-refractivity contribution in [2.45, 2.75) is 6.42 Å². The number of nitrogens with one attached hydrogen (secondary N) is 1. The van der Waals surface area contributed by atoms with Gasteiger partial charge in [0.1, 0.15) is 11.5 Å². The maximum atomic E-state index is 12.1. The predicted molar refractivity (Wildman–Crippen MR) is 88.3 cm³/mol. The summed E-state index contributed by atoms with van der Waals surface area (Å²) in [7, 11) is 3.01. The third kappa shape index (κ3) is 4.06. The Morgan fingerprint density at radius 2 is 1.68 bits per heavy atom. The van der Waals surface area contributed by atoms with E-state index in [1.54, 1.807) is 24.3 Å². The number of benzene rings is 2. The van der Waals surface area contributed by atoms with E-state index in [9.17, 15) is 4.79 Å². The summed E-state index contributed by atoms with van der Waals surface area (Å²) >= 11 is 11.9. The molecule has 0 aliphatic heterocycles. The monoisotopic (exact) mass is 339 g/mol. The van der Waals surface area contributed by atoms with Crippen LogP contribution in [0, 0.1) is 0 Å². The highest BCUT2D eigenvalue weighted by Crippen LogP contribution is 2.35. The van der Waals surface area contributed by atoms with E-state index in [-0.39, 0.29) is 12.3 Å². The Labute approximate surface area is 138 Å². The van der Waals surface area contributed by atoms with Gasteiger partial charge in [0.05, 0.1) is 31.4 Å². The number of carbonyl (C=O) groups is 1. The Balaban J connectivity index is 2.15. The molecule has 0 radical (unpaired) electrons. The number of amides is 1. The van der Waals surface area contributed by atoms with E-state index in [0.717, 1.165) is 5.56 Å². The summed E-state index contributed by atoms with van der Waals surface area (Å²) in [4.78, 5) is 12.1. The number of ether oxygens (including phenoxy) is 2. The Kier molecular flexibility index (Phi) is 5.52. The molecule has 0 spiro atoms. The normalized spacial score (nSPS) is 10.2. The molecule has 0 heterocycles. The third-order valence-corrected chi connectivity index (χ3v) is 3.57. The molecule has 1 N–H and O–H groups in total. The summed E-state index contributed by atoms with van der Waals surface area (Å²) in [5.41, 5.74) is 1.37. The fraction of sp³-hybridized carbons (Fsp3) is 0.188. The van der Waals surface area contributed by atoms with Crippen LogP contribution in [-0.2, 0) is 11.2 Å². The Bertz CT molecular complexity index is 672. The molecule has 6 heteroatoms. The predicted octanol–water partition coefficient (Wildman–Crippen LogP) is 4.19. The highest BCUT2D eigenvalue weighted by Gasteiger charge is 2.13. The highest BCUT2D eigenvalue weighted by molar-refractivity contribution is 6.32. The van der Waals surface area contributed by atoms with Crippen molar-refractivity contribution < 1.29 is 14.3 Å². The molecule has 0 aliphatic carbocycles. The summed E-state index contributed by atoms with van der Waals surface area (Å²) in [6.45, 7) is 0. The van der Waals surface area contributed by atoms with Crippen LogP contribution >= 0.6 is 23.2 Å². The molecular weight excluding hydrogens is 325 g/mol. The van der Waals surface area contributed by atoms with Gasteiger partial charge >= 0.3 is 0 Å². The minimum atomic E-state index is -0.176. The van der Waals surface area contributed by atoms with Crippen LogP contribution in [0.15, 0.2) is 36.4 Å². The van der Waals surface area contributed by atoms with E-state index in [4.69, 9.17) is 32.7 Å². The van der Waals surface area contributed by atoms with Crippen LogP contribution < -0.4 is 14.8 Å². The molecule has 0 saturated heterocycles. The highest BCUT2D eigenvalue weighted by atomic mass is 35.5. The first-order chi connectivity index (χ1) is 10.5. The van der Waals surface area contributed by atoms with Crippen molar-refractivity contribution in [2.24, 2.45) is 0 Å². The van der Waals surface area contributed by atoms with Crippen LogP contribution in [0.25, 0.3) is 0 Å². The zero-order valence-corrected chi connectivity index (χ0v) is 13.7. The molecule has 0 bridgehead atoms. The molecule has 4 nitrogen and oxygen atoms in total. The number of rotatable bonds is 5. The average molecular weight is 340 g/mol. The van der Waals surface area contributed by atoms with Crippen LogP contribution in [0.5, 0.6) is 11.5 Å². The smallest absolute Gasteiger partial charge is 0.228 e. The lowest BCUT2D eigenvalue weighted by atomic mass is 10.1. The molecule has 0 saturated carbocycles. The average Bonchev–Trinajstić information content (AvgIpc) is 2.50. The fourth-order valence-electron chi connectivity index (χ4n) is 1.94. The second-order valence-electron chi connectivity index (χ2n) is 4.54. The van der Waals surface area contributed by atoms with E-state index in [1.807, 2.05) is 12.1 Å². The van der Waals surface area contributed by atoms with Crippen LogP contribution in [0.3, 0.4) is 0 Å². The lowest BCUT2D eigenvalue weighted by Gasteiger charge is -2.13. The number of hydrogen-bond donors (Lipinski definition) is 1. The third-order valence-electron chi connectivity index (χ3n) is 3.03. The fourth-order valence-corrected chi connectivity index (χ4v) is 2.30. The molecule has 2 aromatic rings. The SMILES string of the molecule is COc1cc(NC(=O)Cc2ccc(Cl)cc2)c(OC)cc1Cl. The van der Waals surface area contributed by atoms with Crippen molar-refractivity contribution >= 4 is 34.8 Å². The van der Waals surface area contributed by atoms with Gasteiger partial charge in [-0.2, -0.15) is 0 Å². The van der Waals surface area contributed by atoms with Gasteiger partial charge in [0.2, 0.25) is 5.91 Å². The zero-order valence-electron chi connectivity index (χ0n) is 12.2. The standard InChI is InChI=1S/C16H15Cl2NO3/c1-21-14-9-13(15(22-2)8-12(14)18)19-16(20)7-10-3-5-11(17)6-4-10/h3-6,8-9H,7H2,1-2H3,(H,19,20). The van der Waals surface area contributed by atoms with E-state index in [1.165, 1.54) is 14.2 Å². The minimum absolute atomic E-state index is 0.176. The van der Waals surface area contributed by atoms with Crippen LogP contribution in [-0.4, -0.2) is 20.1 Å². The van der Waals surface area contributed by atoms with Gasteiger partial charge in [0.25, 0.3) is 0 Å². The number of carbonyl (C=O) groups excluding carboxylic acids is 1. The summed E-state index contributed by atoms with van der Waals surface area (Å²) in [6.07, 6.45) is 0.227. The first kappa shape index (κ1) is 16.5. The maximum absolute atomic E-state index is 12.1. The van der Waals surface area contributed by atoms with Crippen molar-refractivity contribution in [1.29, 1.82) is 0 Å². The number of methoxy groups -OCH3 is 2. The summed E-state index contributed by atoms with van der Waals surface area (Å²) in [5.74, 6) is 0.754. The van der Waals surface area contributed by atoms with Crippen molar-refractivity contribution in [3.8, 4) is 11.5 Å². The van der Waals surface area contributed by atoms with Crippen LogP contribution in [0.2, 0.25) is 10.0 Å². The molecule has 2 aromatic carbocycles. The molecular formula is C16H15Cl2NO3. The topological polar surface area (TPSA) is 47.6 Å². The van der Waals surface area contributed by atoms with E-state index >= 15 is 0 Å². The first-order valence-electron chi connectivity index (χ1n) is 6.49. The van der Waals surface area contributed by atoms with Crippen molar-refractivity contribution in [3.63, 3.8) is 0 Å². The number of anilines is 1. The van der Waals surface area contributed by atoms with Crippen molar-refractivity contribution in [1.82, 2.24) is 0 Å². The molecule has 2 rings (SSSR count). The van der Waals surface area contributed by atoms with Crippen LogP contribution in [0.1, 0.15) is 5.56 Å². The zero-order chi connectivity index (χ0) is 16.1. The van der Waals surface area contributed by atoms with Crippen molar-refractivity contribution in [3.05, 3.63) is 52.0 Å². The molecule has 0 fully saturated rings. The summed E-state index contributed by atoms with van der Waals surface area (Å²) in [6, 6.07) is 10.3. The van der Waals surface area contributed by atoms with Gasteiger partial charge in [-0.1, -0.05) is 35.3 Å². The number of hydrogen-bond acceptors (Lipinski definition) is 3. The van der Waals surface area contributed by atoms with Gasteiger partial charge in [-0.15, -0.1) is 0 Å². The minimum Gasteiger partial charge on any atom is -0.495 e. The molecule has 0 atom stereocenters. The quantitative estimate of drug-likeness (QED) is 0.888. The lowest BCUT2D eigenvalue weighted by molar-refractivity contribution is -0.115. The van der Waals surface area contributed by atoms with Crippen LogP contribution in [0.4, 0.5) is 5.69 Å². The summed E-state index contributed by atoms with van der Waals surface area (Å²) < 4.78 is 10.4. The van der Waals surface area contributed by atoms with Gasteiger partial charge < -0.3 is 14.8 Å². The number of halogens is 2. The second-order valence-corrected chi connectivity index (χ2v) is 5.38. The van der Waals surface area contributed by atoms with Gasteiger partial charge in [-0.05, 0) is 17.7 Å². The maximum Gasteiger partial charge on any atom is 0.228 e. The Morgan fingerprint density at radius 1 is 1.05 bits per heavy atom.